The number of nitrogens with one attached hydrogen (secondary N) is 2. The second kappa shape index (κ2) is 13.2. The Hall–Kier alpha value is -2.12. The van der Waals surface area contributed by atoms with Gasteiger partial charge in [0.1, 0.15) is 11.5 Å². The Morgan fingerprint density at radius 3 is 2.43 bits per heavy atom. The Balaban J connectivity index is 1.83. The van der Waals surface area contributed by atoms with Gasteiger partial charge in [-0.05, 0) is 68.0 Å². The fourth-order valence-electron chi connectivity index (χ4n) is 2.82. The highest BCUT2D eigenvalue weighted by molar-refractivity contribution is 9.10. The number of ether oxygens (including phenoxy) is 2. The molecule has 0 aliphatic rings. The highest BCUT2D eigenvalue weighted by atomic mass is 79.9. The first-order valence-corrected chi connectivity index (χ1v) is 11.5. The SMILES string of the molecule is CCCCCCCOc1ccc(NC(=S)NC(=O)c2cc(Br)ccc2OCC)cc1. The minimum Gasteiger partial charge on any atom is -0.494 e. The fourth-order valence-corrected chi connectivity index (χ4v) is 3.40. The first-order chi connectivity index (χ1) is 14.5. The van der Waals surface area contributed by atoms with Crippen LogP contribution in [0.25, 0.3) is 0 Å². The van der Waals surface area contributed by atoms with Gasteiger partial charge in [-0.1, -0.05) is 48.5 Å². The van der Waals surface area contributed by atoms with Crippen molar-refractivity contribution in [2.24, 2.45) is 0 Å². The van der Waals surface area contributed by atoms with Gasteiger partial charge < -0.3 is 14.8 Å². The molecule has 0 bridgehead atoms. The van der Waals surface area contributed by atoms with Crippen LogP contribution in [0.3, 0.4) is 0 Å². The Morgan fingerprint density at radius 1 is 1.00 bits per heavy atom. The maximum atomic E-state index is 12.6. The first kappa shape index (κ1) is 24.2. The number of anilines is 1. The zero-order chi connectivity index (χ0) is 21.8. The topological polar surface area (TPSA) is 59.6 Å². The number of carbonyl (C=O) groups excluding carboxylic acids is 1. The summed E-state index contributed by atoms with van der Waals surface area (Å²) in [4.78, 5) is 12.6. The van der Waals surface area contributed by atoms with Gasteiger partial charge in [0.25, 0.3) is 5.91 Å². The summed E-state index contributed by atoms with van der Waals surface area (Å²) in [5.74, 6) is 0.999. The van der Waals surface area contributed by atoms with Gasteiger partial charge in [-0.25, -0.2) is 0 Å². The minimum absolute atomic E-state index is 0.215. The van der Waals surface area contributed by atoms with Crippen molar-refractivity contribution in [2.75, 3.05) is 18.5 Å². The van der Waals surface area contributed by atoms with Gasteiger partial charge >= 0.3 is 0 Å². The Morgan fingerprint density at radius 2 is 1.73 bits per heavy atom. The molecule has 2 rings (SSSR count). The summed E-state index contributed by atoms with van der Waals surface area (Å²) in [5.41, 5.74) is 1.19. The fraction of sp³-hybridized carbons (Fsp3) is 0.391. The van der Waals surface area contributed by atoms with Crippen LogP contribution in [-0.4, -0.2) is 24.2 Å². The molecule has 0 heterocycles. The second-order valence-electron chi connectivity index (χ2n) is 6.77. The molecule has 2 aromatic carbocycles. The highest BCUT2D eigenvalue weighted by Gasteiger charge is 2.14. The Bertz CT molecular complexity index is 828. The van der Waals surface area contributed by atoms with E-state index in [1.807, 2.05) is 37.3 Å². The average molecular weight is 493 g/mol. The lowest BCUT2D eigenvalue weighted by Crippen LogP contribution is -2.34. The van der Waals surface area contributed by atoms with Crippen molar-refractivity contribution in [2.45, 2.75) is 46.0 Å². The molecule has 30 heavy (non-hydrogen) atoms. The number of hydrogen-bond acceptors (Lipinski definition) is 4. The smallest absolute Gasteiger partial charge is 0.261 e. The molecular formula is C23H29BrN2O3S. The molecule has 0 saturated heterocycles. The van der Waals surface area contributed by atoms with E-state index < -0.39 is 0 Å². The molecule has 0 aliphatic heterocycles. The molecule has 2 N–H and O–H groups in total. The van der Waals surface area contributed by atoms with Crippen molar-refractivity contribution in [3.05, 3.63) is 52.5 Å². The Kier molecular flexibility index (Phi) is 10.7. The molecule has 5 nitrogen and oxygen atoms in total. The van der Waals surface area contributed by atoms with E-state index in [4.69, 9.17) is 21.7 Å². The summed E-state index contributed by atoms with van der Waals surface area (Å²) in [5, 5.41) is 5.93. The van der Waals surface area contributed by atoms with E-state index in [1.54, 1.807) is 12.1 Å². The van der Waals surface area contributed by atoms with Crippen LogP contribution in [0, 0.1) is 0 Å². The highest BCUT2D eigenvalue weighted by Crippen LogP contribution is 2.23. The van der Waals surface area contributed by atoms with Crippen LogP contribution >= 0.6 is 28.1 Å². The second-order valence-corrected chi connectivity index (χ2v) is 8.09. The van der Waals surface area contributed by atoms with Crippen LogP contribution in [-0.2, 0) is 0 Å². The molecule has 2 aromatic rings. The van der Waals surface area contributed by atoms with Crippen LogP contribution in [0.1, 0.15) is 56.3 Å². The Labute approximate surface area is 192 Å². The van der Waals surface area contributed by atoms with E-state index in [0.29, 0.717) is 17.9 Å². The standard InChI is InChI=1S/C23H29BrN2O3S/c1-3-5-6-7-8-15-29-19-12-10-18(11-13-19)25-23(30)26-22(27)20-16-17(24)9-14-21(20)28-4-2/h9-14,16H,3-8,15H2,1-2H3,(H2,25,26,27,30). The summed E-state index contributed by atoms with van der Waals surface area (Å²) in [6.07, 6.45) is 6.05. The predicted octanol–water partition coefficient (Wildman–Crippen LogP) is 6.32. The van der Waals surface area contributed by atoms with Crippen LogP contribution in [0.15, 0.2) is 46.9 Å². The summed E-state index contributed by atoms with van der Waals surface area (Å²) in [7, 11) is 0. The van der Waals surface area contributed by atoms with Crippen LogP contribution in [0.5, 0.6) is 11.5 Å². The molecule has 0 aliphatic carbocycles. The molecule has 0 spiro atoms. The monoisotopic (exact) mass is 492 g/mol. The van der Waals surface area contributed by atoms with Gasteiger partial charge in [-0.15, -0.1) is 0 Å². The lowest BCUT2D eigenvalue weighted by molar-refractivity contribution is 0.0974. The number of unbranched alkanes of at least 4 members (excludes halogenated alkanes) is 4. The van der Waals surface area contributed by atoms with Gasteiger partial charge in [0.05, 0.1) is 18.8 Å². The number of thiocarbonyl (C=S) groups is 1. The van der Waals surface area contributed by atoms with Crippen molar-refractivity contribution < 1.29 is 14.3 Å². The average Bonchev–Trinajstić information content (AvgIpc) is 2.73. The molecule has 1 amide bonds. The third-order valence-electron chi connectivity index (χ3n) is 4.34. The van der Waals surface area contributed by atoms with Crippen LogP contribution in [0.2, 0.25) is 0 Å². The van der Waals surface area contributed by atoms with Crippen LogP contribution in [0.4, 0.5) is 5.69 Å². The summed E-state index contributed by atoms with van der Waals surface area (Å²) < 4.78 is 12.1. The van der Waals surface area contributed by atoms with Crippen molar-refractivity contribution >= 4 is 44.9 Å². The normalized spacial score (nSPS) is 10.4. The van der Waals surface area contributed by atoms with E-state index in [-0.39, 0.29) is 11.0 Å². The van der Waals surface area contributed by atoms with E-state index in [0.717, 1.165) is 28.9 Å². The summed E-state index contributed by atoms with van der Waals surface area (Å²) in [6, 6.07) is 12.8. The van der Waals surface area contributed by atoms with E-state index in [2.05, 4.69) is 33.5 Å². The number of carbonyl (C=O) groups is 1. The third-order valence-corrected chi connectivity index (χ3v) is 5.04. The molecule has 0 fully saturated rings. The largest absolute Gasteiger partial charge is 0.494 e. The van der Waals surface area contributed by atoms with E-state index in [1.165, 1.54) is 25.7 Å². The number of halogens is 1. The van der Waals surface area contributed by atoms with Gasteiger partial charge in [0.15, 0.2) is 5.11 Å². The molecule has 0 aromatic heterocycles. The maximum Gasteiger partial charge on any atom is 0.261 e. The van der Waals surface area contributed by atoms with Crippen LogP contribution < -0.4 is 20.1 Å². The molecule has 0 unspecified atom stereocenters. The quantitative estimate of drug-likeness (QED) is 0.283. The van der Waals surface area contributed by atoms with E-state index in [9.17, 15) is 4.79 Å². The number of rotatable bonds is 11. The zero-order valence-corrected chi connectivity index (χ0v) is 19.9. The van der Waals surface area contributed by atoms with Crippen molar-refractivity contribution in [3.8, 4) is 11.5 Å². The molecule has 0 saturated carbocycles. The molecule has 0 atom stereocenters. The van der Waals surface area contributed by atoms with Gasteiger partial charge in [-0.3, -0.25) is 10.1 Å². The van der Waals surface area contributed by atoms with E-state index >= 15 is 0 Å². The van der Waals surface area contributed by atoms with Crippen molar-refractivity contribution in [1.29, 1.82) is 0 Å². The predicted molar refractivity (Wildman–Crippen MR) is 130 cm³/mol. The van der Waals surface area contributed by atoms with Crippen molar-refractivity contribution in [1.82, 2.24) is 5.32 Å². The third kappa shape index (κ3) is 8.32. The molecule has 162 valence electrons. The number of amides is 1. The maximum absolute atomic E-state index is 12.6. The molecule has 7 heteroatoms. The number of benzene rings is 2. The van der Waals surface area contributed by atoms with Crippen molar-refractivity contribution in [3.63, 3.8) is 0 Å². The first-order valence-electron chi connectivity index (χ1n) is 10.3. The van der Waals surface area contributed by atoms with Gasteiger partial charge in [0.2, 0.25) is 0 Å². The summed E-state index contributed by atoms with van der Waals surface area (Å²) >= 11 is 8.66. The molecule has 0 radical (unpaired) electrons. The minimum atomic E-state index is -0.333. The zero-order valence-electron chi connectivity index (χ0n) is 17.5. The summed E-state index contributed by atoms with van der Waals surface area (Å²) in [6.45, 7) is 5.27. The van der Waals surface area contributed by atoms with Gasteiger partial charge in [-0.2, -0.15) is 0 Å². The van der Waals surface area contributed by atoms with Gasteiger partial charge in [0, 0.05) is 10.2 Å². The lowest BCUT2D eigenvalue weighted by atomic mass is 10.2. The molecular weight excluding hydrogens is 464 g/mol. The lowest BCUT2D eigenvalue weighted by Gasteiger charge is -2.13. The number of hydrogen-bond donors (Lipinski definition) is 2.